The third-order valence-corrected chi connectivity index (χ3v) is 2.32. The molecule has 0 amide bonds. The summed E-state index contributed by atoms with van der Waals surface area (Å²) in [7, 11) is 0. The smallest absolute Gasteiger partial charge is 0.309 e. The Balaban J connectivity index is 2.76. The lowest BCUT2D eigenvalue weighted by atomic mass is 9.81. The molecule has 1 fully saturated rings. The van der Waals surface area contributed by atoms with Gasteiger partial charge < -0.3 is 25.5 Å². The number of hydrogen-bond donors (Lipinski definition) is 5. The van der Waals surface area contributed by atoms with E-state index in [2.05, 4.69) is 0 Å². The van der Waals surface area contributed by atoms with Crippen LogP contribution in [-0.2, 0) is 4.79 Å². The summed E-state index contributed by atoms with van der Waals surface area (Å²) >= 11 is 0. The van der Waals surface area contributed by atoms with Crippen molar-refractivity contribution in [1.82, 2.24) is 0 Å². The number of carbonyl (C=O) groups is 1. The van der Waals surface area contributed by atoms with Crippen molar-refractivity contribution in [1.29, 1.82) is 0 Å². The third kappa shape index (κ3) is 1.80. The van der Waals surface area contributed by atoms with Gasteiger partial charge in [0.25, 0.3) is 0 Å². The van der Waals surface area contributed by atoms with Crippen LogP contribution in [0, 0.1) is 5.92 Å². The van der Waals surface area contributed by atoms with Crippen LogP contribution in [0.4, 0.5) is 0 Å². The van der Waals surface area contributed by atoms with E-state index in [9.17, 15) is 9.90 Å². The molecular formula is C7H12O6. The maximum absolute atomic E-state index is 10.5. The molecule has 3 unspecified atom stereocenters. The van der Waals surface area contributed by atoms with E-state index in [1.807, 2.05) is 0 Å². The number of carboxylic acids is 1. The third-order valence-electron chi connectivity index (χ3n) is 2.32. The fourth-order valence-corrected chi connectivity index (χ4v) is 1.45. The molecule has 1 aliphatic carbocycles. The lowest BCUT2D eigenvalue weighted by Gasteiger charge is -2.36. The summed E-state index contributed by atoms with van der Waals surface area (Å²) in [6.45, 7) is 0. The second kappa shape index (κ2) is 3.59. The minimum absolute atomic E-state index is 0.255. The van der Waals surface area contributed by atoms with Crippen LogP contribution in [0.25, 0.3) is 0 Å². The molecule has 6 nitrogen and oxygen atoms in total. The molecule has 0 bridgehead atoms. The highest BCUT2D eigenvalue weighted by Gasteiger charge is 2.44. The first-order valence-electron chi connectivity index (χ1n) is 3.90. The van der Waals surface area contributed by atoms with Crippen LogP contribution in [-0.4, -0.2) is 55.9 Å². The van der Waals surface area contributed by atoms with Gasteiger partial charge in [-0.25, -0.2) is 0 Å². The van der Waals surface area contributed by atoms with Crippen LogP contribution >= 0.6 is 0 Å². The molecule has 0 aliphatic heterocycles. The van der Waals surface area contributed by atoms with E-state index in [1.165, 1.54) is 0 Å². The lowest BCUT2D eigenvalue weighted by molar-refractivity contribution is -0.178. The molecule has 5 N–H and O–H groups in total. The molecule has 0 aromatic carbocycles. The molecule has 13 heavy (non-hydrogen) atoms. The van der Waals surface area contributed by atoms with E-state index in [1.54, 1.807) is 0 Å². The molecular weight excluding hydrogens is 180 g/mol. The molecule has 1 aliphatic rings. The molecule has 1 rings (SSSR count). The maximum atomic E-state index is 10.5. The van der Waals surface area contributed by atoms with Gasteiger partial charge in [0.05, 0.1) is 18.1 Å². The molecule has 6 heteroatoms. The Labute approximate surface area is 74.1 Å². The largest absolute Gasteiger partial charge is 0.481 e. The quantitative estimate of drug-likeness (QED) is 0.314. The molecule has 0 aromatic rings. The maximum Gasteiger partial charge on any atom is 0.309 e. The fourth-order valence-electron chi connectivity index (χ4n) is 1.45. The minimum Gasteiger partial charge on any atom is -0.481 e. The van der Waals surface area contributed by atoms with Gasteiger partial charge in [0.1, 0.15) is 12.2 Å². The zero-order chi connectivity index (χ0) is 10.2. The van der Waals surface area contributed by atoms with Gasteiger partial charge in [-0.1, -0.05) is 0 Å². The molecule has 0 spiro atoms. The summed E-state index contributed by atoms with van der Waals surface area (Å²) in [4.78, 5) is 10.5. The SMILES string of the molecule is O=C(O)C1CC(O)C(O)[C@@H](O)[C@H]1O. The Kier molecular flexibility index (Phi) is 2.87. The Morgan fingerprint density at radius 1 is 1.00 bits per heavy atom. The first kappa shape index (κ1) is 10.4. The summed E-state index contributed by atoms with van der Waals surface area (Å²) in [6, 6.07) is 0. The van der Waals surface area contributed by atoms with Crippen LogP contribution in [0.3, 0.4) is 0 Å². The van der Waals surface area contributed by atoms with Gasteiger partial charge in [-0.3, -0.25) is 4.79 Å². The molecule has 0 aromatic heterocycles. The van der Waals surface area contributed by atoms with Crippen LogP contribution < -0.4 is 0 Å². The average Bonchev–Trinajstić information content (AvgIpc) is 2.07. The fraction of sp³-hybridized carbons (Fsp3) is 0.857. The van der Waals surface area contributed by atoms with Gasteiger partial charge in [-0.2, -0.15) is 0 Å². The van der Waals surface area contributed by atoms with Gasteiger partial charge in [-0.05, 0) is 6.42 Å². The highest BCUT2D eigenvalue weighted by molar-refractivity contribution is 5.71. The van der Waals surface area contributed by atoms with E-state index in [0.29, 0.717) is 0 Å². The number of hydrogen-bond acceptors (Lipinski definition) is 5. The van der Waals surface area contributed by atoms with Gasteiger partial charge in [0.15, 0.2) is 0 Å². The van der Waals surface area contributed by atoms with E-state index >= 15 is 0 Å². The zero-order valence-electron chi connectivity index (χ0n) is 6.74. The first-order valence-corrected chi connectivity index (χ1v) is 3.90. The van der Waals surface area contributed by atoms with Crippen molar-refractivity contribution in [3.63, 3.8) is 0 Å². The van der Waals surface area contributed by atoms with Crippen molar-refractivity contribution in [3.05, 3.63) is 0 Å². The Bertz CT molecular complexity index is 205. The summed E-state index contributed by atoms with van der Waals surface area (Å²) < 4.78 is 0. The van der Waals surface area contributed by atoms with Crippen LogP contribution in [0.2, 0.25) is 0 Å². The van der Waals surface area contributed by atoms with Crippen molar-refractivity contribution in [2.24, 2.45) is 5.92 Å². The van der Waals surface area contributed by atoms with Gasteiger partial charge in [0, 0.05) is 0 Å². The minimum atomic E-state index is -1.61. The first-order chi connectivity index (χ1) is 5.95. The number of carboxylic acid groups (broad SMARTS) is 1. The summed E-state index contributed by atoms with van der Waals surface area (Å²) in [6.07, 6.45) is -6.18. The van der Waals surface area contributed by atoms with Crippen LogP contribution in [0.5, 0.6) is 0 Å². The normalized spacial score (nSPS) is 46.0. The summed E-state index contributed by atoms with van der Waals surface area (Å²) in [5.74, 6) is -2.52. The van der Waals surface area contributed by atoms with Crippen molar-refractivity contribution in [2.75, 3.05) is 0 Å². The molecule has 76 valence electrons. The second-order valence-electron chi connectivity index (χ2n) is 3.22. The predicted octanol–water partition coefficient (Wildman–Crippen LogP) is -2.47. The van der Waals surface area contributed by atoms with Crippen molar-refractivity contribution in [2.45, 2.75) is 30.8 Å². The number of aliphatic hydroxyl groups is 4. The van der Waals surface area contributed by atoms with Crippen molar-refractivity contribution in [3.8, 4) is 0 Å². The van der Waals surface area contributed by atoms with Gasteiger partial charge in [0.2, 0.25) is 0 Å². The lowest BCUT2D eigenvalue weighted by Crippen LogP contribution is -2.55. The molecule has 5 atom stereocenters. The van der Waals surface area contributed by atoms with Crippen LogP contribution in [0.1, 0.15) is 6.42 Å². The molecule has 1 saturated carbocycles. The number of aliphatic hydroxyl groups excluding tert-OH is 4. The van der Waals surface area contributed by atoms with E-state index in [0.717, 1.165) is 0 Å². The van der Waals surface area contributed by atoms with Crippen molar-refractivity contribution < 1.29 is 30.3 Å². The zero-order valence-corrected chi connectivity index (χ0v) is 6.74. The van der Waals surface area contributed by atoms with E-state index < -0.39 is 36.3 Å². The Hall–Kier alpha value is -0.690. The standard InChI is InChI=1S/C7H12O6/c8-3-1-2(7(12)13)4(9)6(11)5(3)10/h2-6,8-11H,1H2,(H,12,13)/t2?,3?,4-,5?,6-/m0/s1. The number of rotatable bonds is 1. The van der Waals surface area contributed by atoms with Crippen LogP contribution in [0.15, 0.2) is 0 Å². The van der Waals surface area contributed by atoms with E-state index in [-0.39, 0.29) is 6.42 Å². The highest BCUT2D eigenvalue weighted by Crippen LogP contribution is 2.25. The molecule has 0 heterocycles. The molecule has 0 saturated heterocycles. The van der Waals surface area contributed by atoms with Gasteiger partial charge in [-0.15, -0.1) is 0 Å². The second-order valence-corrected chi connectivity index (χ2v) is 3.22. The number of aliphatic carboxylic acids is 1. The predicted molar refractivity (Wildman–Crippen MR) is 39.8 cm³/mol. The van der Waals surface area contributed by atoms with Gasteiger partial charge >= 0.3 is 5.97 Å². The molecule has 0 radical (unpaired) electrons. The monoisotopic (exact) mass is 192 g/mol. The Morgan fingerprint density at radius 3 is 2.00 bits per heavy atom. The van der Waals surface area contributed by atoms with E-state index in [4.69, 9.17) is 20.4 Å². The highest BCUT2D eigenvalue weighted by atomic mass is 16.4. The summed E-state index contributed by atoms with van der Waals surface area (Å²) in [5.41, 5.74) is 0. The summed E-state index contributed by atoms with van der Waals surface area (Å²) in [5, 5.41) is 45.0. The topological polar surface area (TPSA) is 118 Å². The average molecular weight is 192 g/mol. The Morgan fingerprint density at radius 2 is 1.54 bits per heavy atom. The van der Waals surface area contributed by atoms with Crippen molar-refractivity contribution >= 4 is 5.97 Å².